The maximum absolute atomic E-state index is 13.3. The second-order valence-corrected chi connectivity index (χ2v) is 9.20. The molecule has 2 aromatic carbocycles. The number of para-hydroxylation sites is 2. The molecule has 2 unspecified atom stereocenters. The highest BCUT2D eigenvalue weighted by molar-refractivity contribution is 7.91. The van der Waals surface area contributed by atoms with Crippen molar-refractivity contribution in [1.29, 1.82) is 0 Å². The van der Waals surface area contributed by atoms with E-state index in [1.165, 1.54) is 0 Å². The van der Waals surface area contributed by atoms with Crippen LogP contribution in [0.4, 0.5) is 16.2 Å². The zero-order valence-electron chi connectivity index (χ0n) is 14.7. The number of halogens is 1. The van der Waals surface area contributed by atoms with Crippen molar-refractivity contribution in [3.8, 4) is 5.75 Å². The van der Waals surface area contributed by atoms with Gasteiger partial charge < -0.3 is 4.74 Å². The molecule has 0 N–H and O–H groups in total. The number of hydrogen-bond acceptors (Lipinski definition) is 4. The Balaban J connectivity index is 1.81. The molecule has 2 heterocycles. The molecule has 0 saturated carbocycles. The van der Waals surface area contributed by atoms with Crippen molar-refractivity contribution >= 4 is 38.8 Å². The quantitative estimate of drug-likeness (QED) is 0.730. The lowest BCUT2D eigenvalue weighted by molar-refractivity contribution is 0.254. The van der Waals surface area contributed by atoms with Gasteiger partial charge in [-0.25, -0.2) is 13.2 Å². The van der Waals surface area contributed by atoms with Gasteiger partial charge in [0, 0.05) is 10.7 Å². The first kappa shape index (κ1) is 18.1. The van der Waals surface area contributed by atoms with Gasteiger partial charge in [-0.05, 0) is 43.3 Å². The standard InChI is InChI=1S/C19H19ClN2O4S/c1-2-26-18-6-4-3-5-15(18)22-17-12-27(24,25)11-16(17)21(19(22)23)14-9-7-13(20)8-10-14/h3-10,16-17H,2,11-12H2,1H3. The number of nitrogens with zero attached hydrogens (tertiary/aromatic N) is 2. The zero-order chi connectivity index (χ0) is 19.2. The molecule has 0 radical (unpaired) electrons. The predicted octanol–water partition coefficient (Wildman–Crippen LogP) is 3.35. The van der Waals surface area contributed by atoms with Crippen LogP contribution in [0.15, 0.2) is 48.5 Å². The fourth-order valence-electron chi connectivity index (χ4n) is 3.82. The molecular weight excluding hydrogens is 388 g/mol. The van der Waals surface area contributed by atoms with Gasteiger partial charge in [0.05, 0.1) is 35.9 Å². The Labute approximate surface area is 163 Å². The van der Waals surface area contributed by atoms with Gasteiger partial charge in [-0.15, -0.1) is 0 Å². The van der Waals surface area contributed by atoms with Crippen LogP contribution in [0, 0.1) is 0 Å². The molecule has 4 rings (SSSR count). The van der Waals surface area contributed by atoms with Gasteiger partial charge in [0.25, 0.3) is 0 Å². The SMILES string of the molecule is CCOc1ccccc1N1C(=O)N(c2ccc(Cl)cc2)C2CS(=O)(=O)CC21. The van der Waals surface area contributed by atoms with Crippen LogP contribution in [0.25, 0.3) is 0 Å². The van der Waals surface area contributed by atoms with Crippen molar-refractivity contribution < 1.29 is 17.9 Å². The third kappa shape index (κ3) is 3.15. The van der Waals surface area contributed by atoms with Crippen LogP contribution in [0.3, 0.4) is 0 Å². The van der Waals surface area contributed by atoms with Crippen molar-refractivity contribution in [3.05, 3.63) is 53.6 Å². The number of benzene rings is 2. The van der Waals surface area contributed by atoms with Crippen LogP contribution < -0.4 is 14.5 Å². The van der Waals surface area contributed by atoms with E-state index in [0.717, 1.165) is 0 Å². The van der Waals surface area contributed by atoms with Crippen molar-refractivity contribution in [2.24, 2.45) is 0 Å². The molecule has 2 amide bonds. The number of rotatable bonds is 4. The Kier molecular flexibility index (Phi) is 4.52. The minimum Gasteiger partial charge on any atom is -0.492 e. The van der Waals surface area contributed by atoms with E-state index in [0.29, 0.717) is 28.8 Å². The molecular formula is C19H19ClN2O4S. The van der Waals surface area contributed by atoms with Crippen LogP contribution in [0.5, 0.6) is 5.75 Å². The van der Waals surface area contributed by atoms with Crippen molar-refractivity contribution in [3.63, 3.8) is 0 Å². The van der Waals surface area contributed by atoms with E-state index in [1.54, 1.807) is 46.2 Å². The highest BCUT2D eigenvalue weighted by Gasteiger charge is 2.54. The van der Waals surface area contributed by atoms with Gasteiger partial charge in [0.15, 0.2) is 9.84 Å². The van der Waals surface area contributed by atoms with E-state index in [4.69, 9.17) is 16.3 Å². The maximum atomic E-state index is 13.3. The molecule has 6 nitrogen and oxygen atoms in total. The van der Waals surface area contributed by atoms with Gasteiger partial charge in [0.2, 0.25) is 0 Å². The summed E-state index contributed by atoms with van der Waals surface area (Å²) in [4.78, 5) is 16.5. The minimum absolute atomic E-state index is 0.0562. The summed E-state index contributed by atoms with van der Waals surface area (Å²) in [5, 5.41) is 0.555. The number of hydrogen-bond donors (Lipinski definition) is 0. The van der Waals surface area contributed by atoms with Crippen LogP contribution in [-0.2, 0) is 9.84 Å². The second kappa shape index (κ2) is 6.73. The molecule has 2 aromatic rings. The number of sulfone groups is 1. The Morgan fingerprint density at radius 3 is 2.33 bits per heavy atom. The molecule has 2 aliphatic heterocycles. The zero-order valence-corrected chi connectivity index (χ0v) is 16.3. The fraction of sp³-hybridized carbons (Fsp3) is 0.316. The Morgan fingerprint density at radius 1 is 1.04 bits per heavy atom. The van der Waals surface area contributed by atoms with Crippen molar-refractivity contribution in [1.82, 2.24) is 0 Å². The van der Waals surface area contributed by atoms with Crippen molar-refractivity contribution in [2.45, 2.75) is 19.0 Å². The Hall–Kier alpha value is -2.25. The lowest BCUT2D eigenvalue weighted by Crippen LogP contribution is -2.38. The van der Waals surface area contributed by atoms with Gasteiger partial charge in [-0.3, -0.25) is 9.80 Å². The average molecular weight is 407 g/mol. The summed E-state index contributed by atoms with van der Waals surface area (Å²) in [5.74, 6) is 0.446. The second-order valence-electron chi connectivity index (χ2n) is 6.61. The van der Waals surface area contributed by atoms with Crippen LogP contribution >= 0.6 is 11.6 Å². The predicted molar refractivity (Wildman–Crippen MR) is 106 cm³/mol. The molecule has 0 aliphatic carbocycles. The van der Waals surface area contributed by atoms with E-state index in [9.17, 15) is 13.2 Å². The van der Waals surface area contributed by atoms with Gasteiger partial charge in [0.1, 0.15) is 5.75 Å². The van der Waals surface area contributed by atoms with Crippen LogP contribution in [0.2, 0.25) is 5.02 Å². The van der Waals surface area contributed by atoms with Crippen LogP contribution in [0.1, 0.15) is 6.92 Å². The normalized spacial score (nSPS) is 23.6. The molecule has 142 valence electrons. The average Bonchev–Trinajstić information content (AvgIpc) is 3.06. The van der Waals surface area contributed by atoms with E-state index >= 15 is 0 Å². The Morgan fingerprint density at radius 2 is 1.67 bits per heavy atom. The molecule has 0 bridgehead atoms. The van der Waals surface area contributed by atoms with Gasteiger partial charge >= 0.3 is 6.03 Å². The molecule has 2 saturated heterocycles. The van der Waals surface area contributed by atoms with E-state index in [-0.39, 0.29) is 17.5 Å². The first-order valence-electron chi connectivity index (χ1n) is 8.71. The number of urea groups is 1. The Bertz CT molecular complexity index is 977. The molecule has 0 spiro atoms. The molecule has 8 heteroatoms. The summed E-state index contributed by atoms with van der Waals surface area (Å²) in [7, 11) is -3.25. The van der Waals surface area contributed by atoms with Crippen molar-refractivity contribution in [2.75, 3.05) is 27.9 Å². The monoisotopic (exact) mass is 406 g/mol. The highest BCUT2D eigenvalue weighted by atomic mass is 35.5. The fourth-order valence-corrected chi connectivity index (χ4v) is 5.87. The molecule has 27 heavy (non-hydrogen) atoms. The smallest absolute Gasteiger partial charge is 0.329 e. The first-order chi connectivity index (χ1) is 12.9. The first-order valence-corrected chi connectivity index (χ1v) is 10.9. The molecule has 2 aliphatic rings. The lowest BCUT2D eigenvalue weighted by Gasteiger charge is -2.24. The summed E-state index contributed by atoms with van der Waals surface area (Å²) >= 11 is 5.97. The van der Waals surface area contributed by atoms with E-state index < -0.39 is 21.9 Å². The summed E-state index contributed by atoms with van der Waals surface area (Å²) in [6.07, 6.45) is 0. The van der Waals surface area contributed by atoms with E-state index in [2.05, 4.69) is 0 Å². The number of carbonyl (C=O) groups excluding carboxylic acids is 1. The molecule has 2 atom stereocenters. The lowest BCUT2D eigenvalue weighted by atomic mass is 10.1. The van der Waals surface area contributed by atoms with Crippen LogP contribution in [-0.4, -0.2) is 44.6 Å². The largest absolute Gasteiger partial charge is 0.492 e. The summed E-state index contributed by atoms with van der Waals surface area (Å²) in [6.45, 7) is 2.32. The minimum atomic E-state index is -3.25. The van der Waals surface area contributed by atoms with Gasteiger partial charge in [-0.1, -0.05) is 23.7 Å². The summed E-state index contributed by atoms with van der Waals surface area (Å²) < 4.78 is 30.4. The summed E-state index contributed by atoms with van der Waals surface area (Å²) in [6, 6.07) is 12.9. The molecule has 2 fully saturated rings. The van der Waals surface area contributed by atoms with E-state index in [1.807, 2.05) is 19.1 Å². The number of fused-ring (bicyclic) bond motifs is 1. The summed E-state index contributed by atoms with van der Waals surface area (Å²) in [5.41, 5.74) is 1.22. The number of ether oxygens (including phenoxy) is 1. The number of carbonyl (C=O) groups is 1. The molecule has 0 aromatic heterocycles. The maximum Gasteiger partial charge on any atom is 0.329 e. The third-order valence-electron chi connectivity index (χ3n) is 4.90. The number of anilines is 2. The third-order valence-corrected chi connectivity index (χ3v) is 6.85. The number of amides is 2. The van der Waals surface area contributed by atoms with Gasteiger partial charge in [-0.2, -0.15) is 0 Å². The topological polar surface area (TPSA) is 66.9 Å². The highest BCUT2D eigenvalue weighted by Crippen LogP contribution is 2.41.